The van der Waals surface area contributed by atoms with Crippen molar-refractivity contribution in [3.63, 3.8) is 0 Å². The van der Waals surface area contributed by atoms with E-state index >= 15 is 0 Å². The molecule has 0 spiro atoms. The second-order valence-electron chi connectivity index (χ2n) is 7.78. The Hall–Kier alpha value is -3.89. The van der Waals surface area contributed by atoms with E-state index in [1.807, 2.05) is 30.3 Å². The minimum absolute atomic E-state index is 0.0505. The Bertz CT molecular complexity index is 1390. The van der Waals surface area contributed by atoms with Gasteiger partial charge in [-0.05, 0) is 47.5 Å². The van der Waals surface area contributed by atoms with Gasteiger partial charge in [0.1, 0.15) is 12.4 Å². The zero-order valence-electron chi connectivity index (χ0n) is 19.1. The molecule has 1 amide bonds. The minimum Gasteiger partial charge on any atom is -0.487 e. The average molecular weight is 545 g/mol. The largest absolute Gasteiger partial charge is 0.487 e. The van der Waals surface area contributed by atoms with Gasteiger partial charge in [0.25, 0.3) is 0 Å². The number of nitrogens with one attached hydrogen (secondary N) is 2. The van der Waals surface area contributed by atoms with E-state index < -0.39 is 17.6 Å². The van der Waals surface area contributed by atoms with E-state index in [-0.39, 0.29) is 12.1 Å². The Morgan fingerprint density at radius 1 is 1.08 bits per heavy atom. The van der Waals surface area contributed by atoms with Gasteiger partial charge in [-0.3, -0.25) is 4.79 Å². The van der Waals surface area contributed by atoms with E-state index in [4.69, 9.17) is 16.3 Å². The van der Waals surface area contributed by atoms with Gasteiger partial charge in [-0.15, -0.1) is 11.3 Å². The first-order chi connectivity index (χ1) is 17.8. The maximum absolute atomic E-state index is 12.9. The van der Waals surface area contributed by atoms with Crippen LogP contribution in [0.2, 0.25) is 5.02 Å². The van der Waals surface area contributed by atoms with E-state index in [1.54, 1.807) is 23.6 Å². The highest BCUT2D eigenvalue weighted by atomic mass is 35.5. The van der Waals surface area contributed by atoms with Gasteiger partial charge in [-0.1, -0.05) is 48.0 Å². The molecule has 4 rings (SSSR count). The van der Waals surface area contributed by atoms with Crippen LogP contribution in [0.4, 0.5) is 24.0 Å². The molecule has 0 atom stereocenters. The lowest BCUT2D eigenvalue weighted by molar-refractivity contribution is -0.137. The molecular weight excluding hydrogens is 525 g/mol. The Kier molecular flexibility index (Phi) is 8.42. The Morgan fingerprint density at radius 2 is 1.89 bits per heavy atom. The normalized spacial score (nSPS) is 11.5. The molecule has 0 unspecified atom stereocenters. The fourth-order valence-electron chi connectivity index (χ4n) is 3.17. The van der Waals surface area contributed by atoms with Gasteiger partial charge in [0.15, 0.2) is 5.13 Å². The van der Waals surface area contributed by atoms with Crippen LogP contribution in [-0.2, 0) is 24.0 Å². The second-order valence-corrected chi connectivity index (χ2v) is 9.05. The van der Waals surface area contributed by atoms with Crippen molar-refractivity contribution in [3.8, 4) is 5.75 Å². The molecule has 2 N–H and O–H groups in total. The summed E-state index contributed by atoms with van der Waals surface area (Å²) in [5, 5.41) is 9.19. The van der Waals surface area contributed by atoms with Gasteiger partial charge in [-0.2, -0.15) is 18.3 Å². The minimum atomic E-state index is -4.44. The topological polar surface area (TPSA) is 75.6 Å². The monoisotopic (exact) mass is 544 g/mol. The van der Waals surface area contributed by atoms with Crippen LogP contribution in [0, 0.1) is 0 Å². The first kappa shape index (κ1) is 26.2. The summed E-state index contributed by atoms with van der Waals surface area (Å²) in [4.78, 5) is 16.5. The molecule has 190 valence electrons. The molecule has 3 aromatic carbocycles. The number of benzene rings is 3. The van der Waals surface area contributed by atoms with E-state index in [2.05, 4.69) is 20.8 Å². The number of nitrogens with zero attached hydrogens (tertiary/aromatic N) is 2. The highest BCUT2D eigenvalue weighted by Gasteiger charge is 2.30. The lowest BCUT2D eigenvalue weighted by atomic mass is 10.2. The number of carbonyl (C=O) groups is 1. The lowest BCUT2D eigenvalue weighted by Gasteiger charge is -2.09. The average Bonchev–Trinajstić information content (AvgIpc) is 3.30. The van der Waals surface area contributed by atoms with Crippen LogP contribution < -0.4 is 15.5 Å². The predicted octanol–water partition coefficient (Wildman–Crippen LogP) is 6.83. The molecule has 11 heteroatoms. The number of amides is 1. The number of anilines is 2. The summed E-state index contributed by atoms with van der Waals surface area (Å²) in [6, 6.07) is 19.7. The molecule has 37 heavy (non-hydrogen) atoms. The third-order valence-corrected chi connectivity index (χ3v) is 6.03. The number of hydrogen-bond donors (Lipinski definition) is 2. The number of rotatable bonds is 9. The quantitative estimate of drug-likeness (QED) is 0.179. The third-order valence-electron chi connectivity index (χ3n) is 4.93. The van der Waals surface area contributed by atoms with Gasteiger partial charge < -0.3 is 10.1 Å². The van der Waals surface area contributed by atoms with Crippen molar-refractivity contribution in [2.45, 2.75) is 19.2 Å². The number of hydrogen-bond acceptors (Lipinski definition) is 6. The molecule has 0 saturated heterocycles. The summed E-state index contributed by atoms with van der Waals surface area (Å²) in [7, 11) is 0. The SMILES string of the molecule is O=C(Cc1csc(Nc2cccc(C(F)(F)F)c2)n1)N/N=C\c1ccc(OCc2ccccc2)c(Cl)c1. The summed E-state index contributed by atoms with van der Waals surface area (Å²) < 4.78 is 44.4. The van der Waals surface area contributed by atoms with E-state index in [1.165, 1.54) is 29.7 Å². The molecule has 1 heterocycles. The van der Waals surface area contributed by atoms with Crippen LogP contribution in [0.5, 0.6) is 5.75 Å². The number of hydrazone groups is 1. The van der Waals surface area contributed by atoms with Crippen molar-refractivity contribution in [2.24, 2.45) is 5.10 Å². The van der Waals surface area contributed by atoms with Crippen LogP contribution in [0.25, 0.3) is 0 Å². The molecule has 6 nitrogen and oxygen atoms in total. The highest BCUT2D eigenvalue weighted by Crippen LogP contribution is 2.32. The van der Waals surface area contributed by atoms with Crippen LogP contribution in [0.15, 0.2) is 83.3 Å². The van der Waals surface area contributed by atoms with Crippen molar-refractivity contribution in [1.82, 2.24) is 10.4 Å². The molecule has 0 aliphatic rings. The predicted molar refractivity (Wildman–Crippen MR) is 139 cm³/mol. The molecule has 0 saturated carbocycles. The molecule has 0 bridgehead atoms. The summed E-state index contributed by atoms with van der Waals surface area (Å²) >= 11 is 7.47. The molecule has 1 aromatic heterocycles. The smallest absolute Gasteiger partial charge is 0.416 e. The van der Waals surface area contributed by atoms with Gasteiger partial charge in [0.05, 0.1) is 28.9 Å². The Morgan fingerprint density at radius 3 is 2.65 bits per heavy atom. The van der Waals surface area contributed by atoms with Crippen molar-refractivity contribution in [3.05, 3.63) is 106 Å². The zero-order chi connectivity index (χ0) is 26.3. The lowest BCUT2D eigenvalue weighted by Crippen LogP contribution is -2.19. The van der Waals surface area contributed by atoms with E-state index in [9.17, 15) is 18.0 Å². The molecular formula is C26H20ClF3N4O2S. The molecule has 0 aliphatic heterocycles. The fourth-order valence-corrected chi connectivity index (χ4v) is 4.15. The zero-order valence-corrected chi connectivity index (χ0v) is 20.7. The maximum atomic E-state index is 12.9. The summed E-state index contributed by atoms with van der Waals surface area (Å²) in [5.74, 6) is 0.130. The molecule has 0 fully saturated rings. The van der Waals surface area contributed by atoms with Crippen molar-refractivity contribution in [1.29, 1.82) is 0 Å². The number of aromatic nitrogens is 1. The van der Waals surface area contributed by atoms with Crippen molar-refractivity contribution >= 4 is 45.9 Å². The maximum Gasteiger partial charge on any atom is 0.416 e. The first-order valence-corrected chi connectivity index (χ1v) is 12.2. The summed E-state index contributed by atoms with van der Waals surface area (Å²) in [5.41, 5.74) is 4.05. The number of alkyl halides is 3. The standard InChI is InChI=1S/C26H20ClF3N4O2S/c27-22-11-18(9-10-23(22)36-15-17-5-2-1-3-6-17)14-31-34-24(35)13-21-16-37-25(33-21)32-20-8-4-7-19(12-20)26(28,29)30/h1-12,14,16H,13,15H2,(H,32,33)(H,34,35)/b31-14-. The summed E-state index contributed by atoms with van der Waals surface area (Å²) in [6.07, 6.45) is -3.04. The highest BCUT2D eigenvalue weighted by molar-refractivity contribution is 7.13. The number of ether oxygens (including phenoxy) is 1. The van der Waals surface area contributed by atoms with Crippen molar-refractivity contribution in [2.75, 3.05) is 5.32 Å². The van der Waals surface area contributed by atoms with Gasteiger partial charge >= 0.3 is 6.18 Å². The second kappa shape index (κ2) is 11.9. The Labute approximate surface area is 219 Å². The van der Waals surface area contributed by atoms with Crippen LogP contribution in [-0.4, -0.2) is 17.1 Å². The van der Waals surface area contributed by atoms with Gasteiger partial charge in [0.2, 0.25) is 5.91 Å². The summed E-state index contributed by atoms with van der Waals surface area (Å²) in [6.45, 7) is 0.387. The first-order valence-electron chi connectivity index (χ1n) is 10.9. The molecule has 0 radical (unpaired) electrons. The third kappa shape index (κ3) is 7.80. The van der Waals surface area contributed by atoms with Crippen LogP contribution in [0.1, 0.15) is 22.4 Å². The van der Waals surface area contributed by atoms with Gasteiger partial charge in [0, 0.05) is 11.1 Å². The van der Waals surface area contributed by atoms with E-state index in [0.29, 0.717) is 33.8 Å². The number of halogens is 4. The van der Waals surface area contributed by atoms with E-state index in [0.717, 1.165) is 17.7 Å². The Balaban J connectivity index is 1.26. The van der Waals surface area contributed by atoms with Crippen LogP contribution >= 0.6 is 22.9 Å². The molecule has 0 aliphatic carbocycles. The van der Waals surface area contributed by atoms with Crippen LogP contribution in [0.3, 0.4) is 0 Å². The number of carbonyl (C=O) groups excluding carboxylic acids is 1. The molecule has 4 aromatic rings. The van der Waals surface area contributed by atoms with Gasteiger partial charge in [-0.25, -0.2) is 10.4 Å². The fraction of sp³-hybridized carbons (Fsp3) is 0.115. The number of thiazole rings is 1. The van der Waals surface area contributed by atoms with Crippen molar-refractivity contribution < 1.29 is 22.7 Å².